The molecule has 1 aromatic rings. The van der Waals surface area contributed by atoms with Crippen LogP contribution in [0.2, 0.25) is 0 Å². The van der Waals surface area contributed by atoms with Crippen molar-refractivity contribution in [2.75, 3.05) is 0 Å². The number of carbonyl (C=O) groups excluding carboxylic acids is 1. The molecule has 1 rings (SSSR count). The molecule has 0 bridgehead atoms. The van der Waals surface area contributed by atoms with Crippen molar-refractivity contribution in [3.8, 4) is 0 Å². The SMILES string of the molecule is Cc1cc(CNC(=O)C(C)(C)C(N)=S)cc(C)c1F. The molecular formula is C14H19FN2OS. The average Bonchev–Trinajstić information content (AvgIpc) is 2.32. The zero-order chi connectivity index (χ0) is 14.8. The van der Waals surface area contributed by atoms with Crippen LogP contribution in [0, 0.1) is 25.1 Å². The van der Waals surface area contributed by atoms with Gasteiger partial charge in [-0.2, -0.15) is 0 Å². The molecule has 104 valence electrons. The van der Waals surface area contributed by atoms with E-state index in [1.165, 1.54) is 0 Å². The Balaban J connectivity index is 2.78. The first-order valence-corrected chi connectivity index (χ1v) is 6.41. The van der Waals surface area contributed by atoms with Gasteiger partial charge in [-0.3, -0.25) is 4.79 Å². The monoisotopic (exact) mass is 282 g/mol. The number of nitrogens with two attached hydrogens (primary N) is 1. The summed E-state index contributed by atoms with van der Waals surface area (Å²) < 4.78 is 13.5. The molecule has 0 aliphatic rings. The molecule has 0 saturated heterocycles. The summed E-state index contributed by atoms with van der Waals surface area (Å²) in [7, 11) is 0. The third-order valence-corrected chi connectivity index (χ3v) is 3.64. The van der Waals surface area contributed by atoms with E-state index in [0.717, 1.165) is 5.56 Å². The number of hydrogen-bond acceptors (Lipinski definition) is 2. The van der Waals surface area contributed by atoms with E-state index in [1.807, 2.05) is 0 Å². The summed E-state index contributed by atoms with van der Waals surface area (Å²) in [6, 6.07) is 3.44. The standard InChI is InChI=1S/C14H19FN2OS/c1-8-5-10(6-9(2)11(8)15)7-17-13(18)14(3,4)12(16)19/h5-6H,7H2,1-4H3,(H2,16,19)(H,17,18). The minimum absolute atomic E-state index is 0.150. The molecule has 0 spiro atoms. The van der Waals surface area contributed by atoms with Gasteiger partial charge in [-0.15, -0.1) is 0 Å². The van der Waals surface area contributed by atoms with E-state index in [0.29, 0.717) is 17.7 Å². The number of halogens is 1. The Bertz CT molecular complexity index is 503. The molecule has 0 aliphatic carbocycles. The van der Waals surface area contributed by atoms with Crippen LogP contribution in [-0.4, -0.2) is 10.9 Å². The van der Waals surface area contributed by atoms with E-state index in [-0.39, 0.29) is 16.7 Å². The van der Waals surface area contributed by atoms with E-state index >= 15 is 0 Å². The van der Waals surface area contributed by atoms with Crippen molar-refractivity contribution in [3.63, 3.8) is 0 Å². The van der Waals surface area contributed by atoms with Gasteiger partial charge in [-0.25, -0.2) is 4.39 Å². The second-order valence-corrected chi connectivity index (χ2v) is 5.66. The fourth-order valence-electron chi connectivity index (χ4n) is 1.65. The number of carbonyl (C=O) groups is 1. The van der Waals surface area contributed by atoms with Crippen molar-refractivity contribution in [3.05, 3.63) is 34.6 Å². The molecule has 0 unspecified atom stereocenters. The van der Waals surface area contributed by atoms with E-state index in [4.69, 9.17) is 18.0 Å². The fourth-order valence-corrected chi connectivity index (χ4v) is 1.75. The van der Waals surface area contributed by atoms with E-state index in [2.05, 4.69) is 5.32 Å². The molecule has 3 nitrogen and oxygen atoms in total. The first-order valence-electron chi connectivity index (χ1n) is 6.00. The third-order valence-electron chi connectivity index (χ3n) is 3.13. The fraction of sp³-hybridized carbons (Fsp3) is 0.429. The molecule has 3 N–H and O–H groups in total. The van der Waals surface area contributed by atoms with Crippen molar-refractivity contribution in [1.82, 2.24) is 5.32 Å². The molecule has 0 saturated carbocycles. The van der Waals surface area contributed by atoms with Gasteiger partial charge in [0.25, 0.3) is 0 Å². The zero-order valence-corrected chi connectivity index (χ0v) is 12.5. The average molecular weight is 282 g/mol. The topological polar surface area (TPSA) is 55.1 Å². The number of thiocarbonyl (C=S) groups is 1. The highest BCUT2D eigenvalue weighted by atomic mass is 32.1. The van der Waals surface area contributed by atoms with E-state index < -0.39 is 5.41 Å². The van der Waals surface area contributed by atoms with E-state index in [1.54, 1.807) is 39.8 Å². The number of benzene rings is 1. The third kappa shape index (κ3) is 3.50. The van der Waals surface area contributed by atoms with Crippen LogP contribution in [0.1, 0.15) is 30.5 Å². The van der Waals surface area contributed by atoms with Crippen LogP contribution in [-0.2, 0) is 11.3 Å². The summed E-state index contributed by atoms with van der Waals surface area (Å²) in [5, 5.41) is 2.77. The van der Waals surface area contributed by atoms with Gasteiger partial charge in [0.15, 0.2) is 0 Å². The second-order valence-electron chi connectivity index (χ2n) is 5.22. The Morgan fingerprint density at radius 3 is 2.26 bits per heavy atom. The van der Waals surface area contributed by atoms with Crippen LogP contribution in [0.4, 0.5) is 4.39 Å². The molecule has 5 heteroatoms. The Morgan fingerprint density at radius 1 is 1.37 bits per heavy atom. The Morgan fingerprint density at radius 2 is 1.84 bits per heavy atom. The predicted octanol–water partition coefficient (Wildman–Crippen LogP) is 2.37. The Labute approximate surface area is 118 Å². The Kier molecular flexibility index (Phi) is 4.63. The van der Waals surface area contributed by atoms with E-state index in [9.17, 15) is 9.18 Å². The largest absolute Gasteiger partial charge is 0.392 e. The lowest BCUT2D eigenvalue weighted by molar-refractivity contribution is -0.126. The van der Waals surface area contributed by atoms with Gasteiger partial charge >= 0.3 is 0 Å². The highest BCUT2D eigenvalue weighted by Crippen LogP contribution is 2.17. The van der Waals surface area contributed by atoms with Gasteiger partial charge in [-0.05, 0) is 44.4 Å². The lowest BCUT2D eigenvalue weighted by atomic mass is 9.92. The second kappa shape index (κ2) is 5.65. The number of amides is 1. The van der Waals surface area contributed by atoms with Gasteiger partial charge in [0.05, 0.1) is 10.4 Å². The van der Waals surface area contributed by atoms with Gasteiger partial charge < -0.3 is 11.1 Å². The molecule has 1 aromatic carbocycles. The highest BCUT2D eigenvalue weighted by Gasteiger charge is 2.30. The summed E-state index contributed by atoms with van der Waals surface area (Å²) in [5.74, 6) is -0.446. The molecule has 0 aromatic heterocycles. The first-order chi connectivity index (χ1) is 8.66. The minimum atomic E-state index is -0.889. The maximum Gasteiger partial charge on any atom is 0.232 e. The van der Waals surface area contributed by atoms with Crippen LogP contribution in [0.25, 0.3) is 0 Å². The zero-order valence-electron chi connectivity index (χ0n) is 11.6. The summed E-state index contributed by atoms with van der Waals surface area (Å²) >= 11 is 4.86. The predicted molar refractivity (Wildman–Crippen MR) is 78.3 cm³/mol. The van der Waals surface area contributed by atoms with Crippen LogP contribution < -0.4 is 11.1 Å². The molecule has 0 heterocycles. The normalized spacial score (nSPS) is 11.2. The van der Waals surface area contributed by atoms with Gasteiger partial charge in [-0.1, -0.05) is 24.4 Å². The van der Waals surface area contributed by atoms with Crippen LogP contribution in [0.5, 0.6) is 0 Å². The maximum atomic E-state index is 13.5. The van der Waals surface area contributed by atoms with Crippen LogP contribution in [0.3, 0.4) is 0 Å². The van der Waals surface area contributed by atoms with Crippen LogP contribution >= 0.6 is 12.2 Å². The molecule has 1 amide bonds. The van der Waals surface area contributed by atoms with Crippen molar-refractivity contribution >= 4 is 23.1 Å². The smallest absolute Gasteiger partial charge is 0.232 e. The Hall–Kier alpha value is -1.49. The van der Waals surface area contributed by atoms with Gasteiger partial charge in [0, 0.05) is 6.54 Å². The lowest BCUT2D eigenvalue weighted by Gasteiger charge is -2.22. The maximum absolute atomic E-state index is 13.5. The van der Waals surface area contributed by atoms with Crippen molar-refractivity contribution < 1.29 is 9.18 Å². The quantitative estimate of drug-likeness (QED) is 0.834. The van der Waals surface area contributed by atoms with Gasteiger partial charge in [0.1, 0.15) is 5.82 Å². The van der Waals surface area contributed by atoms with Gasteiger partial charge in [0.2, 0.25) is 5.91 Å². The van der Waals surface area contributed by atoms with Crippen molar-refractivity contribution in [1.29, 1.82) is 0 Å². The number of rotatable bonds is 4. The summed E-state index contributed by atoms with van der Waals surface area (Å²) in [6.45, 7) is 7.07. The number of nitrogens with one attached hydrogen (secondary N) is 1. The molecule has 0 radical (unpaired) electrons. The number of aryl methyl sites for hydroxylation is 2. The molecule has 19 heavy (non-hydrogen) atoms. The van der Waals surface area contributed by atoms with Crippen molar-refractivity contribution in [2.24, 2.45) is 11.1 Å². The molecular weight excluding hydrogens is 263 g/mol. The molecule has 0 aliphatic heterocycles. The van der Waals surface area contributed by atoms with Crippen molar-refractivity contribution in [2.45, 2.75) is 34.2 Å². The summed E-state index contributed by atoms with van der Waals surface area (Å²) in [6.07, 6.45) is 0. The van der Waals surface area contributed by atoms with Crippen LogP contribution in [0.15, 0.2) is 12.1 Å². The molecule has 0 atom stereocenters. The summed E-state index contributed by atoms with van der Waals surface area (Å²) in [4.78, 5) is 12.1. The highest BCUT2D eigenvalue weighted by molar-refractivity contribution is 7.80. The lowest BCUT2D eigenvalue weighted by Crippen LogP contribution is -2.44. The summed E-state index contributed by atoms with van der Waals surface area (Å²) in [5.41, 5.74) is 6.63. The number of hydrogen-bond donors (Lipinski definition) is 2. The molecule has 0 fully saturated rings. The minimum Gasteiger partial charge on any atom is -0.392 e. The first kappa shape index (κ1) is 15.6.